The van der Waals surface area contributed by atoms with E-state index in [1.165, 1.54) is 0 Å². The Bertz CT molecular complexity index is 97.0. The second-order valence-electron chi connectivity index (χ2n) is 2.39. The van der Waals surface area contributed by atoms with Gasteiger partial charge in [0.15, 0.2) is 5.76 Å². The molecule has 0 saturated carbocycles. The third-order valence-electron chi connectivity index (χ3n) is 1.42. The molecule has 47 valence electrons. The van der Waals surface area contributed by atoms with Gasteiger partial charge in [-0.2, -0.15) is 0 Å². The van der Waals surface area contributed by atoms with E-state index < -0.39 is 0 Å². The fraction of sp³-hybridized carbons (Fsp3) is 0.714. The van der Waals surface area contributed by atoms with Gasteiger partial charge in [-0.3, -0.25) is 5.11 Å². The molecule has 0 aliphatic heterocycles. The van der Waals surface area contributed by atoms with Crippen LogP contribution in [0, 0.1) is 5.92 Å². The van der Waals surface area contributed by atoms with E-state index in [0.717, 1.165) is 5.57 Å². The molecule has 0 rings (SSSR count). The first-order valence-corrected chi connectivity index (χ1v) is 2.90. The lowest BCUT2D eigenvalue weighted by Gasteiger charge is -2.02. The normalized spacial score (nSPS) is 14.1. The summed E-state index contributed by atoms with van der Waals surface area (Å²) in [5.74, 6) is 0.618. The van der Waals surface area contributed by atoms with Crippen molar-refractivity contribution in [2.45, 2.75) is 27.7 Å². The van der Waals surface area contributed by atoms with Crippen LogP contribution in [0.1, 0.15) is 27.7 Å². The number of rotatable bonds is 1. The van der Waals surface area contributed by atoms with Gasteiger partial charge in [0.25, 0.3) is 0 Å². The van der Waals surface area contributed by atoms with Crippen LogP contribution in [-0.2, 0) is 5.11 Å². The lowest BCUT2D eigenvalue weighted by molar-refractivity contribution is 0.290. The predicted octanol–water partition coefficient (Wildman–Crippen LogP) is 2.37. The summed E-state index contributed by atoms with van der Waals surface area (Å²) in [6, 6.07) is 0. The number of hydrogen-bond donors (Lipinski definition) is 0. The van der Waals surface area contributed by atoms with E-state index in [9.17, 15) is 5.11 Å². The first-order chi connectivity index (χ1) is 3.55. The van der Waals surface area contributed by atoms with Gasteiger partial charge in [-0.05, 0) is 25.3 Å². The van der Waals surface area contributed by atoms with Gasteiger partial charge < -0.3 is 0 Å². The maximum Gasteiger partial charge on any atom is 0.151 e. The first-order valence-electron chi connectivity index (χ1n) is 2.90. The lowest BCUT2D eigenvalue weighted by Crippen LogP contribution is -1.90. The van der Waals surface area contributed by atoms with Crippen molar-refractivity contribution >= 4 is 0 Å². The molecule has 0 aromatic heterocycles. The average Bonchev–Trinajstić information content (AvgIpc) is 1.64. The topological polar surface area (TPSA) is 19.9 Å². The highest BCUT2D eigenvalue weighted by Gasteiger charge is 1.99. The zero-order valence-electron chi connectivity index (χ0n) is 5.99. The molecule has 0 amide bonds. The summed E-state index contributed by atoms with van der Waals surface area (Å²) in [6.45, 7) is 7.54. The van der Waals surface area contributed by atoms with Gasteiger partial charge in [0.2, 0.25) is 0 Å². The highest BCUT2D eigenvalue weighted by atomic mass is 16.3. The molecule has 0 fully saturated rings. The molecular formula is C7H13O. The molecule has 1 radical (unpaired) electrons. The van der Waals surface area contributed by atoms with E-state index in [4.69, 9.17) is 0 Å². The van der Waals surface area contributed by atoms with E-state index in [1.807, 2.05) is 20.8 Å². The Balaban J connectivity index is 4.00. The highest BCUT2D eigenvalue weighted by Crippen LogP contribution is 2.10. The Labute approximate surface area is 51.0 Å². The van der Waals surface area contributed by atoms with Gasteiger partial charge in [-0.25, -0.2) is 0 Å². The molecule has 0 atom stereocenters. The maximum atomic E-state index is 10.5. The van der Waals surface area contributed by atoms with E-state index in [1.54, 1.807) is 6.92 Å². The minimum atomic E-state index is 0.208. The van der Waals surface area contributed by atoms with Crippen molar-refractivity contribution in [2.75, 3.05) is 0 Å². The van der Waals surface area contributed by atoms with Gasteiger partial charge in [-0.15, -0.1) is 0 Å². The summed E-state index contributed by atoms with van der Waals surface area (Å²) < 4.78 is 0. The summed E-state index contributed by atoms with van der Waals surface area (Å²) in [5.41, 5.74) is 0.963. The minimum Gasteiger partial charge on any atom is -0.295 e. The lowest BCUT2D eigenvalue weighted by atomic mass is 10.1. The molecule has 0 aliphatic rings. The Hall–Kier alpha value is -0.460. The van der Waals surface area contributed by atoms with Crippen molar-refractivity contribution in [3.05, 3.63) is 11.3 Å². The van der Waals surface area contributed by atoms with Gasteiger partial charge in [-0.1, -0.05) is 13.8 Å². The van der Waals surface area contributed by atoms with Crippen LogP contribution in [0.25, 0.3) is 0 Å². The molecule has 0 saturated heterocycles. The predicted molar refractivity (Wildman–Crippen MR) is 33.9 cm³/mol. The molecule has 8 heavy (non-hydrogen) atoms. The van der Waals surface area contributed by atoms with Crippen LogP contribution in [0.5, 0.6) is 0 Å². The van der Waals surface area contributed by atoms with Crippen molar-refractivity contribution in [1.29, 1.82) is 0 Å². The van der Waals surface area contributed by atoms with Crippen LogP contribution in [0.2, 0.25) is 0 Å². The smallest absolute Gasteiger partial charge is 0.151 e. The van der Waals surface area contributed by atoms with Crippen molar-refractivity contribution < 1.29 is 5.11 Å². The minimum absolute atomic E-state index is 0.208. The molecule has 0 N–H and O–H groups in total. The monoisotopic (exact) mass is 113 g/mol. The van der Waals surface area contributed by atoms with Crippen molar-refractivity contribution in [2.24, 2.45) is 5.92 Å². The third kappa shape index (κ3) is 2.01. The Morgan fingerprint density at radius 1 is 1.25 bits per heavy atom. The second kappa shape index (κ2) is 2.75. The largest absolute Gasteiger partial charge is 0.295 e. The molecule has 1 heteroatoms. The molecule has 0 spiro atoms. The summed E-state index contributed by atoms with van der Waals surface area (Å²) >= 11 is 0. The molecule has 0 bridgehead atoms. The van der Waals surface area contributed by atoms with E-state index in [2.05, 4.69) is 0 Å². The number of hydrogen-bond acceptors (Lipinski definition) is 0. The van der Waals surface area contributed by atoms with Crippen LogP contribution < -0.4 is 0 Å². The van der Waals surface area contributed by atoms with Gasteiger partial charge >= 0.3 is 0 Å². The standard InChI is InChI=1S/C7H13O/c1-5(2)6(3)7(4)8/h5H,1-4H3/b7-6+. The Morgan fingerprint density at radius 2 is 1.62 bits per heavy atom. The molecule has 0 heterocycles. The molecule has 0 aliphatic carbocycles. The van der Waals surface area contributed by atoms with E-state index in [0.29, 0.717) is 5.92 Å². The van der Waals surface area contributed by atoms with E-state index in [-0.39, 0.29) is 5.76 Å². The maximum absolute atomic E-state index is 10.5. The molecule has 0 unspecified atom stereocenters. The summed E-state index contributed by atoms with van der Waals surface area (Å²) in [5, 5.41) is 10.5. The van der Waals surface area contributed by atoms with E-state index >= 15 is 0 Å². The summed E-state index contributed by atoms with van der Waals surface area (Å²) in [6.07, 6.45) is 0. The third-order valence-corrected chi connectivity index (χ3v) is 1.42. The van der Waals surface area contributed by atoms with Crippen LogP contribution >= 0.6 is 0 Å². The fourth-order valence-electron chi connectivity index (χ4n) is 0.407. The van der Waals surface area contributed by atoms with Gasteiger partial charge in [0, 0.05) is 0 Å². The van der Waals surface area contributed by atoms with Gasteiger partial charge in [0.05, 0.1) is 0 Å². The molecule has 0 aromatic rings. The first kappa shape index (κ1) is 7.54. The zero-order chi connectivity index (χ0) is 6.73. The van der Waals surface area contributed by atoms with Crippen LogP contribution in [0.4, 0.5) is 0 Å². The quantitative estimate of drug-likeness (QED) is 0.465. The van der Waals surface area contributed by atoms with Crippen molar-refractivity contribution in [1.82, 2.24) is 0 Å². The summed E-state index contributed by atoms with van der Waals surface area (Å²) in [7, 11) is 0. The molecule has 1 nitrogen and oxygen atoms in total. The number of allylic oxidation sites excluding steroid dienone is 2. The van der Waals surface area contributed by atoms with Gasteiger partial charge in [0.1, 0.15) is 0 Å². The zero-order valence-corrected chi connectivity index (χ0v) is 5.99. The average molecular weight is 113 g/mol. The second-order valence-corrected chi connectivity index (χ2v) is 2.39. The fourth-order valence-corrected chi connectivity index (χ4v) is 0.407. The summed E-state index contributed by atoms with van der Waals surface area (Å²) in [4.78, 5) is 0. The van der Waals surface area contributed by atoms with Crippen molar-refractivity contribution in [3.8, 4) is 0 Å². The molecule has 0 aromatic carbocycles. The van der Waals surface area contributed by atoms with Crippen LogP contribution in [0.15, 0.2) is 11.3 Å². The van der Waals surface area contributed by atoms with Crippen LogP contribution in [-0.4, -0.2) is 0 Å². The Morgan fingerprint density at radius 3 is 1.62 bits per heavy atom. The van der Waals surface area contributed by atoms with Crippen molar-refractivity contribution in [3.63, 3.8) is 0 Å². The highest BCUT2D eigenvalue weighted by molar-refractivity contribution is 5.03. The Kier molecular flexibility index (Phi) is 2.59. The SMILES string of the molecule is C/C([O])=C(/C)C(C)C. The van der Waals surface area contributed by atoms with Crippen LogP contribution in [0.3, 0.4) is 0 Å². The molecular weight excluding hydrogens is 100 g/mol.